The molecule has 0 spiro atoms. The molecular weight excluding hydrogens is 430 g/mol. The van der Waals surface area contributed by atoms with Crippen molar-refractivity contribution < 1.29 is 27.8 Å². The van der Waals surface area contributed by atoms with Crippen LogP contribution in [0.1, 0.15) is 23.6 Å². The second kappa shape index (κ2) is 7.42. The van der Waals surface area contributed by atoms with Crippen molar-refractivity contribution in [3.05, 3.63) is 89.1 Å². The van der Waals surface area contributed by atoms with Gasteiger partial charge in [-0.3, -0.25) is 0 Å². The molecule has 5 rings (SSSR count). The van der Waals surface area contributed by atoms with E-state index in [1.165, 1.54) is 6.07 Å². The number of benzene rings is 3. The predicted molar refractivity (Wildman–Crippen MR) is 118 cm³/mol. The van der Waals surface area contributed by atoms with Gasteiger partial charge in [0.1, 0.15) is 0 Å². The zero-order valence-electron chi connectivity index (χ0n) is 17.1. The van der Waals surface area contributed by atoms with E-state index < -0.39 is 16.0 Å². The van der Waals surface area contributed by atoms with Gasteiger partial charge in [0.25, 0.3) is 10.0 Å². The fourth-order valence-corrected chi connectivity index (χ4v) is 5.88. The van der Waals surface area contributed by atoms with Crippen LogP contribution in [0, 0.1) is 0 Å². The Bertz CT molecular complexity index is 1390. The molecular formula is C24H19NO6S. The fourth-order valence-electron chi connectivity index (χ4n) is 4.14. The van der Waals surface area contributed by atoms with Crippen LogP contribution < -0.4 is 13.8 Å². The van der Waals surface area contributed by atoms with E-state index in [-0.39, 0.29) is 17.4 Å². The first-order chi connectivity index (χ1) is 15.4. The Labute approximate surface area is 185 Å². The third-order valence-corrected chi connectivity index (χ3v) is 7.34. The van der Waals surface area contributed by atoms with E-state index in [9.17, 15) is 18.3 Å². The highest BCUT2D eigenvalue weighted by Crippen LogP contribution is 2.45. The largest absolute Gasteiger partial charge is 0.477 e. The van der Waals surface area contributed by atoms with Gasteiger partial charge in [-0.1, -0.05) is 49.4 Å². The third-order valence-electron chi connectivity index (χ3n) is 5.57. The molecule has 0 amide bonds. The van der Waals surface area contributed by atoms with Crippen LogP contribution in [-0.2, 0) is 21.2 Å². The molecule has 0 aliphatic carbocycles. The minimum Gasteiger partial charge on any atom is -0.477 e. The van der Waals surface area contributed by atoms with Gasteiger partial charge in [0.05, 0.1) is 10.6 Å². The number of fused-ring (bicyclic) bond motifs is 2. The van der Waals surface area contributed by atoms with Crippen LogP contribution in [0.5, 0.6) is 11.5 Å². The quantitative estimate of drug-likeness (QED) is 0.647. The second-order valence-electron chi connectivity index (χ2n) is 7.34. The summed E-state index contributed by atoms with van der Waals surface area (Å²) in [7, 11) is -4.18. The highest BCUT2D eigenvalue weighted by Gasteiger charge is 2.42. The lowest BCUT2D eigenvalue weighted by Crippen LogP contribution is -2.38. The number of rotatable bonds is 4. The number of hydrogen-bond acceptors (Lipinski definition) is 5. The summed E-state index contributed by atoms with van der Waals surface area (Å²) >= 11 is 0. The van der Waals surface area contributed by atoms with Crippen molar-refractivity contribution in [2.45, 2.75) is 18.2 Å². The number of anilines is 1. The number of hydrogen-bond donors (Lipinski definition) is 1. The second-order valence-corrected chi connectivity index (χ2v) is 9.10. The molecule has 0 aromatic heterocycles. The van der Waals surface area contributed by atoms with Crippen molar-refractivity contribution in [2.75, 3.05) is 11.1 Å². The van der Waals surface area contributed by atoms with Crippen LogP contribution in [0.3, 0.4) is 0 Å². The summed E-state index contributed by atoms with van der Waals surface area (Å²) < 4.78 is 39.3. The number of ether oxygens (including phenoxy) is 2. The van der Waals surface area contributed by atoms with Crippen molar-refractivity contribution in [2.24, 2.45) is 0 Å². The normalized spacial score (nSPS) is 16.1. The fraction of sp³-hybridized carbons (Fsp3) is 0.125. The zero-order valence-corrected chi connectivity index (χ0v) is 17.9. The molecule has 32 heavy (non-hydrogen) atoms. The maximum atomic E-state index is 13.7. The highest BCUT2D eigenvalue weighted by molar-refractivity contribution is 7.93. The highest BCUT2D eigenvalue weighted by atomic mass is 32.2. The van der Waals surface area contributed by atoms with Gasteiger partial charge in [-0.2, -0.15) is 0 Å². The van der Waals surface area contributed by atoms with Gasteiger partial charge in [-0.15, -0.1) is 0 Å². The molecule has 2 aliphatic rings. The van der Waals surface area contributed by atoms with E-state index in [1.807, 2.05) is 6.92 Å². The van der Waals surface area contributed by atoms with Crippen molar-refractivity contribution in [3.8, 4) is 11.5 Å². The van der Waals surface area contributed by atoms with E-state index in [2.05, 4.69) is 0 Å². The number of carboxylic acids is 1. The monoisotopic (exact) mass is 449 g/mol. The van der Waals surface area contributed by atoms with Crippen LogP contribution >= 0.6 is 0 Å². The van der Waals surface area contributed by atoms with Crippen LogP contribution in [0.15, 0.2) is 77.3 Å². The Kier molecular flexibility index (Phi) is 4.67. The Balaban J connectivity index is 1.89. The molecule has 1 N–H and O–H groups in total. The van der Waals surface area contributed by atoms with Gasteiger partial charge in [0.2, 0.25) is 6.79 Å². The van der Waals surface area contributed by atoms with Crippen LogP contribution in [0.2, 0.25) is 0 Å². The summed E-state index contributed by atoms with van der Waals surface area (Å²) in [5.74, 6) is -0.316. The number of para-hydroxylation sites is 1. The third kappa shape index (κ3) is 2.95. The summed E-state index contributed by atoms with van der Waals surface area (Å²) in [5.41, 5.74) is 1.86. The number of sulfonamides is 1. The Morgan fingerprint density at radius 1 is 1.00 bits per heavy atom. The molecule has 0 unspecified atom stereocenters. The molecule has 8 heteroatoms. The SMILES string of the molecule is CCc1ccccc1N1C(C(=O)O)=C(c2ccc3c(c2)OCO3)c2ccccc2S1(=O)=O. The molecule has 2 heterocycles. The zero-order chi connectivity index (χ0) is 22.5. The predicted octanol–water partition coefficient (Wildman–Crippen LogP) is 4.03. The summed E-state index contributed by atoms with van der Waals surface area (Å²) in [4.78, 5) is 12.7. The van der Waals surface area contributed by atoms with Gasteiger partial charge < -0.3 is 14.6 Å². The lowest BCUT2D eigenvalue weighted by atomic mass is 9.94. The Morgan fingerprint density at radius 2 is 1.72 bits per heavy atom. The van der Waals surface area contributed by atoms with E-state index in [0.29, 0.717) is 40.3 Å². The first kappa shape index (κ1) is 20.1. The Morgan fingerprint density at radius 3 is 2.50 bits per heavy atom. The first-order valence-electron chi connectivity index (χ1n) is 10.0. The molecule has 7 nitrogen and oxygen atoms in total. The van der Waals surface area contributed by atoms with Gasteiger partial charge in [0, 0.05) is 11.1 Å². The van der Waals surface area contributed by atoms with Gasteiger partial charge in [0.15, 0.2) is 17.2 Å². The minimum absolute atomic E-state index is 0.0450. The Hall–Kier alpha value is -3.78. The van der Waals surface area contributed by atoms with Crippen LogP contribution in [0.4, 0.5) is 5.69 Å². The molecule has 162 valence electrons. The minimum atomic E-state index is -4.18. The van der Waals surface area contributed by atoms with Gasteiger partial charge in [-0.05, 0) is 41.8 Å². The smallest absolute Gasteiger partial charge is 0.354 e. The molecule has 0 saturated heterocycles. The molecule has 0 atom stereocenters. The number of carbonyl (C=O) groups is 1. The number of aryl methyl sites for hydroxylation is 1. The maximum absolute atomic E-state index is 13.7. The number of aliphatic carboxylic acids is 1. The molecule has 3 aromatic carbocycles. The average Bonchev–Trinajstić information content (AvgIpc) is 3.26. The number of carboxylic acid groups (broad SMARTS) is 1. The van der Waals surface area contributed by atoms with E-state index in [0.717, 1.165) is 9.87 Å². The summed E-state index contributed by atoms with van der Waals surface area (Å²) in [6.07, 6.45) is 0.538. The summed E-state index contributed by atoms with van der Waals surface area (Å²) in [5, 5.41) is 10.3. The molecule has 0 bridgehead atoms. The number of nitrogens with zero attached hydrogens (tertiary/aromatic N) is 1. The first-order valence-corrected chi connectivity index (χ1v) is 11.5. The molecule has 2 aliphatic heterocycles. The standard InChI is InChI=1S/C24H19NO6S/c1-2-15-7-3-5-9-18(15)25-23(24(26)27)22(16-11-12-19-20(13-16)31-14-30-19)17-8-4-6-10-21(17)32(25,28)29/h3-13H,2,14H2,1H3,(H,26,27). The molecule has 0 fully saturated rings. The molecule has 3 aromatic rings. The van der Waals surface area contributed by atoms with Crippen molar-refractivity contribution in [1.29, 1.82) is 0 Å². The summed E-state index contributed by atoms with van der Waals surface area (Å²) in [6, 6.07) is 18.5. The van der Waals surface area contributed by atoms with E-state index in [4.69, 9.17) is 9.47 Å². The molecule has 0 saturated carbocycles. The average molecular weight is 449 g/mol. The lowest BCUT2D eigenvalue weighted by molar-refractivity contribution is -0.132. The van der Waals surface area contributed by atoms with Crippen LogP contribution in [-0.4, -0.2) is 26.3 Å². The summed E-state index contributed by atoms with van der Waals surface area (Å²) in [6.45, 7) is 1.97. The topological polar surface area (TPSA) is 93.1 Å². The van der Waals surface area contributed by atoms with Crippen molar-refractivity contribution in [3.63, 3.8) is 0 Å². The van der Waals surface area contributed by atoms with Crippen molar-refractivity contribution >= 4 is 27.3 Å². The molecule has 0 radical (unpaired) electrons. The maximum Gasteiger partial charge on any atom is 0.354 e. The van der Waals surface area contributed by atoms with Gasteiger partial charge >= 0.3 is 5.97 Å². The van der Waals surface area contributed by atoms with Crippen LogP contribution in [0.25, 0.3) is 5.57 Å². The van der Waals surface area contributed by atoms with E-state index >= 15 is 0 Å². The van der Waals surface area contributed by atoms with Crippen molar-refractivity contribution in [1.82, 2.24) is 0 Å². The lowest BCUT2D eigenvalue weighted by Gasteiger charge is -2.33. The van der Waals surface area contributed by atoms with E-state index in [1.54, 1.807) is 60.7 Å². The van der Waals surface area contributed by atoms with Gasteiger partial charge in [-0.25, -0.2) is 17.5 Å².